The minimum atomic E-state index is -0.748. The summed E-state index contributed by atoms with van der Waals surface area (Å²) in [6.07, 6.45) is 2.75. The number of rotatable bonds is 6. The molecule has 2 rings (SSSR count). The standard InChI is InChI=1S/C16H22FNO2/c1-11(2)18(9-3-4-16(19)20)15-8-5-12-10-13(17)6-7-14(12)15/h6-7,10-11,15H,3-5,8-9H2,1-2H3,(H,19,20). The Morgan fingerprint density at radius 2 is 2.25 bits per heavy atom. The van der Waals surface area contributed by atoms with Crippen molar-refractivity contribution < 1.29 is 14.3 Å². The van der Waals surface area contributed by atoms with Gasteiger partial charge in [-0.05, 0) is 62.9 Å². The number of carboxylic acids is 1. The molecule has 0 heterocycles. The molecule has 0 aromatic heterocycles. The fraction of sp³-hybridized carbons (Fsp3) is 0.562. The normalized spacial score (nSPS) is 17.8. The molecule has 0 saturated carbocycles. The Hall–Kier alpha value is -1.42. The van der Waals surface area contributed by atoms with Crippen LogP contribution < -0.4 is 0 Å². The fourth-order valence-corrected chi connectivity index (χ4v) is 3.09. The lowest BCUT2D eigenvalue weighted by molar-refractivity contribution is -0.137. The van der Waals surface area contributed by atoms with E-state index in [1.54, 1.807) is 6.07 Å². The van der Waals surface area contributed by atoms with Gasteiger partial charge in [0.25, 0.3) is 0 Å². The maximum atomic E-state index is 13.3. The van der Waals surface area contributed by atoms with Crippen LogP contribution in [0.5, 0.6) is 0 Å². The maximum absolute atomic E-state index is 13.3. The van der Waals surface area contributed by atoms with Gasteiger partial charge < -0.3 is 5.11 Å². The van der Waals surface area contributed by atoms with E-state index in [2.05, 4.69) is 18.7 Å². The molecule has 4 heteroatoms. The van der Waals surface area contributed by atoms with E-state index in [0.29, 0.717) is 18.5 Å². The van der Waals surface area contributed by atoms with Crippen LogP contribution in [0.1, 0.15) is 50.3 Å². The van der Waals surface area contributed by atoms with E-state index in [1.165, 1.54) is 11.6 Å². The molecule has 1 aliphatic carbocycles. The monoisotopic (exact) mass is 279 g/mol. The molecule has 0 fully saturated rings. The van der Waals surface area contributed by atoms with Gasteiger partial charge >= 0.3 is 5.97 Å². The van der Waals surface area contributed by atoms with Crippen molar-refractivity contribution >= 4 is 5.97 Å². The van der Waals surface area contributed by atoms with Crippen LogP contribution in [0.25, 0.3) is 0 Å². The third-order valence-electron chi connectivity index (χ3n) is 4.02. The second-order valence-electron chi connectivity index (χ2n) is 5.73. The summed E-state index contributed by atoms with van der Waals surface area (Å²) in [6, 6.07) is 5.68. The predicted octanol–water partition coefficient (Wildman–Crippen LogP) is 3.39. The van der Waals surface area contributed by atoms with Crippen molar-refractivity contribution in [3.63, 3.8) is 0 Å². The van der Waals surface area contributed by atoms with Crippen molar-refractivity contribution in [2.75, 3.05) is 6.54 Å². The van der Waals surface area contributed by atoms with Crippen LogP contribution in [-0.4, -0.2) is 28.6 Å². The molecule has 0 bridgehead atoms. The third kappa shape index (κ3) is 3.37. The first-order valence-electron chi connectivity index (χ1n) is 7.25. The summed E-state index contributed by atoms with van der Waals surface area (Å²) in [5.41, 5.74) is 2.30. The topological polar surface area (TPSA) is 40.5 Å². The second-order valence-corrected chi connectivity index (χ2v) is 5.73. The third-order valence-corrected chi connectivity index (χ3v) is 4.02. The molecule has 1 aromatic rings. The highest BCUT2D eigenvalue weighted by atomic mass is 19.1. The first kappa shape index (κ1) is 15.0. The second kappa shape index (κ2) is 6.35. The van der Waals surface area contributed by atoms with E-state index in [1.807, 2.05) is 6.07 Å². The summed E-state index contributed by atoms with van der Waals surface area (Å²) >= 11 is 0. The first-order chi connectivity index (χ1) is 9.49. The number of benzene rings is 1. The number of hydrogen-bond acceptors (Lipinski definition) is 2. The van der Waals surface area contributed by atoms with Crippen molar-refractivity contribution in [2.45, 2.75) is 51.6 Å². The Labute approximate surface area is 119 Å². The van der Waals surface area contributed by atoms with Crippen molar-refractivity contribution in [3.05, 3.63) is 35.1 Å². The van der Waals surface area contributed by atoms with Crippen LogP contribution in [0.2, 0.25) is 0 Å². The molecule has 1 N–H and O–H groups in total. The van der Waals surface area contributed by atoms with Gasteiger partial charge in [-0.1, -0.05) is 6.07 Å². The van der Waals surface area contributed by atoms with Crippen molar-refractivity contribution in [1.82, 2.24) is 4.90 Å². The molecule has 0 aliphatic heterocycles. The van der Waals surface area contributed by atoms with E-state index in [0.717, 1.165) is 24.9 Å². The number of halogens is 1. The molecule has 1 aromatic carbocycles. The summed E-state index contributed by atoms with van der Waals surface area (Å²) in [4.78, 5) is 13.0. The van der Waals surface area contributed by atoms with Crippen LogP contribution in [0.15, 0.2) is 18.2 Å². The molecule has 3 nitrogen and oxygen atoms in total. The van der Waals surface area contributed by atoms with E-state index in [9.17, 15) is 9.18 Å². The lowest BCUT2D eigenvalue weighted by atomic mass is 10.0. The van der Waals surface area contributed by atoms with E-state index < -0.39 is 5.97 Å². The lowest BCUT2D eigenvalue weighted by Crippen LogP contribution is -2.35. The number of fused-ring (bicyclic) bond motifs is 1. The SMILES string of the molecule is CC(C)N(CCCC(=O)O)C1CCc2cc(F)ccc21. The van der Waals surface area contributed by atoms with E-state index in [4.69, 9.17) is 5.11 Å². The molecule has 110 valence electrons. The maximum Gasteiger partial charge on any atom is 0.303 e. The molecule has 1 unspecified atom stereocenters. The van der Waals surface area contributed by atoms with Crippen molar-refractivity contribution in [1.29, 1.82) is 0 Å². The summed E-state index contributed by atoms with van der Waals surface area (Å²) in [7, 11) is 0. The Morgan fingerprint density at radius 1 is 1.50 bits per heavy atom. The van der Waals surface area contributed by atoms with Crippen LogP contribution in [-0.2, 0) is 11.2 Å². The minimum absolute atomic E-state index is 0.175. The molecular weight excluding hydrogens is 257 g/mol. The van der Waals surface area contributed by atoms with E-state index in [-0.39, 0.29) is 12.2 Å². The summed E-state index contributed by atoms with van der Waals surface area (Å²) in [5, 5.41) is 8.76. The highest BCUT2D eigenvalue weighted by Crippen LogP contribution is 2.37. The first-order valence-corrected chi connectivity index (χ1v) is 7.25. The van der Waals surface area contributed by atoms with Gasteiger partial charge in [0, 0.05) is 18.5 Å². The summed E-state index contributed by atoms with van der Waals surface area (Å²) < 4.78 is 13.3. The average molecular weight is 279 g/mol. The van der Waals surface area contributed by atoms with Crippen LogP contribution in [0, 0.1) is 5.82 Å². The van der Waals surface area contributed by atoms with Gasteiger partial charge in [0.05, 0.1) is 0 Å². The Morgan fingerprint density at radius 3 is 2.90 bits per heavy atom. The van der Waals surface area contributed by atoms with Gasteiger partial charge in [0.1, 0.15) is 5.82 Å². The quantitative estimate of drug-likeness (QED) is 0.867. The number of aliphatic carboxylic acids is 1. The van der Waals surface area contributed by atoms with Crippen LogP contribution in [0.4, 0.5) is 4.39 Å². The molecule has 0 saturated heterocycles. The molecule has 20 heavy (non-hydrogen) atoms. The summed E-state index contributed by atoms with van der Waals surface area (Å²) in [6.45, 7) is 5.02. The van der Waals surface area contributed by atoms with Gasteiger partial charge in [0.2, 0.25) is 0 Å². The lowest BCUT2D eigenvalue weighted by Gasteiger charge is -2.33. The highest BCUT2D eigenvalue weighted by molar-refractivity contribution is 5.66. The Kier molecular flexibility index (Phi) is 4.76. The minimum Gasteiger partial charge on any atom is -0.481 e. The zero-order valence-corrected chi connectivity index (χ0v) is 12.1. The Bertz CT molecular complexity index is 487. The van der Waals surface area contributed by atoms with Gasteiger partial charge in [-0.25, -0.2) is 4.39 Å². The van der Waals surface area contributed by atoms with Crippen molar-refractivity contribution in [3.8, 4) is 0 Å². The summed E-state index contributed by atoms with van der Waals surface area (Å²) in [5.74, 6) is -0.922. The van der Waals surface area contributed by atoms with Crippen LogP contribution in [0.3, 0.4) is 0 Å². The molecule has 1 atom stereocenters. The zero-order valence-electron chi connectivity index (χ0n) is 12.1. The van der Waals surface area contributed by atoms with Crippen molar-refractivity contribution in [2.24, 2.45) is 0 Å². The number of carboxylic acid groups (broad SMARTS) is 1. The largest absolute Gasteiger partial charge is 0.481 e. The van der Waals surface area contributed by atoms with E-state index >= 15 is 0 Å². The molecule has 0 spiro atoms. The predicted molar refractivity (Wildman–Crippen MR) is 76.2 cm³/mol. The number of nitrogens with zero attached hydrogens (tertiary/aromatic N) is 1. The molecule has 0 amide bonds. The average Bonchev–Trinajstić information content (AvgIpc) is 2.76. The Balaban J connectivity index is 2.10. The molecular formula is C16H22FNO2. The zero-order chi connectivity index (χ0) is 14.7. The van der Waals surface area contributed by atoms with Gasteiger partial charge in [-0.2, -0.15) is 0 Å². The van der Waals surface area contributed by atoms with Gasteiger partial charge in [0.15, 0.2) is 0 Å². The van der Waals surface area contributed by atoms with Gasteiger partial charge in [-0.15, -0.1) is 0 Å². The van der Waals surface area contributed by atoms with Crippen LogP contribution >= 0.6 is 0 Å². The number of hydrogen-bond donors (Lipinski definition) is 1. The number of aryl methyl sites for hydroxylation is 1. The smallest absolute Gasteiger partial charge is 0.303 e. The van der Waals surface area contributed by atoms with Gasteiger partial charge in [-0.3, -0.25) is 9.69 Å². The molecule has 1 aliphatic rings. The molecule has 0 radical (unpaired) electrons. The number of carbonyl (C=O) groups is 1. The fourth-order valence-electron chi connectivity index (χ4n) is 3.09. The highest BCUT2D eigenvalue weighted by Gasteiger charge is 2.29.